The van der Waals surface area contributed by atoms with Gasteiger partial charge in [0.2, 0.25) is 0 Å². The van der Waals surface area contributed by atoms with Gasteiger partial charge in [-0.3, -0.25) is 0 Å². The molecule has 4 heteroatoms. The van der Waals surface area contributed by atoms with Crippen LogP contribution in [-0.2, 0) is 29.2 Å². The Morgan fingerprint density at radius 3 is 2.00 bits per heavy atom. The minimum atomic E-state index is -1.48. The van der Waals surface area contributed by atoms with Crippen molar-refractivity contribution in [3.63, 3.8) is 0 Å². The summed E-state index contributed by atoms with van der Waals surface area (Å²) in [4.78, 5) is 0. The molecule has 0 heterocycles. The number of hydrogen-bond donors (Lipinski definition) is 0. The van der Waals surface area contributed by atoms with Gasteiger partial charge in [-0.25, -0.2) is 11.2 Å². The van der Waals surface area contributed by atoms with E-state index in [-0.39, 0.29) is 0 Å². The molecule has 0 aliphatic heterocycles. The second-order valence-electron chi connectivity index (χ2n) is 0.611. The van der Waals surface area contributed by atoms with Crippen molar-refractivity contribution < 1.29 is 8.39 Å². The topological polar surface area (TPSA) is 26.3 Å². The zero-order chi connectivity index (χ0) is 6.99. The molecular weight excluding hydrogens is 144 g/mol. The first-order chi connectivity index (χ1) is 3.77. The van der Waals surface area contributed by atoms with Crippen LogP contribution in [0.25, 0.3) is 0 Å². The van der Waals surface area contributed by atoms with E-state index in [0.717, 1.165) is 0 Å². The molecule has 0 bridgehead atoms. The fourth-order valence-corrected chi connectivity index (χ4v) is 0.577. The van der Waals surface area contributed by atoms with E-state index in [1.54, 1.807) is 6.92 Å². The Labute approximate surface area is 57.1 Å². The van der Waals surface area contributed by atoms with Crippen LogP contribution in [0, 0.1) is 0 Å². The van der Waals surface area contributed by atoms with Crippen molar-refractivity contribution in [1.82, 2.24) is 0 Å². The normalized spacial score (nSPS) is 8.00. The predicted molar refractivity (Wildman–Crippen MR) is 38.4 cm³/mol. The van der Waals surface area contributed by atoms with Crippen LogP contribution >= 0.6 is 0 Å². The standard InChI is InChI=1S/C2H5O2S2.C2H6/c1-2-4-6(3)5;1-2/h2H2,1H3;1-2H3/q-1;. The molecule has 0 aliphatic rings. The van der Waals surface area contributed by atoms with Crippen molar-refractivity contribution in [1.29, 1.82) is 0 Å². The molecule has 0 aromatic heterocycles. The van der Waals surface area contributed by atoms with Gasteiger partial charge in [0.1, 0.15) is 0 Å². The molecule has 0 N–H and O–H groups in total. The molecule has 0 rings (SSSR count). The highest BCUT2D eigenvalue weighted by Crippen LogP contribution is 1.67. The molecule has 0 aliphatic carbocycles. The van der Waals surface area contributed by atoms with Crippen LogP contribution in [0.1, 0.15) is 20.8 Å². The third-order valence-electron chi connectivity index (χ3n) is 0.214. The monoisotopic (exact) mass is 155 g/mol. The summed E-state index contributed by atoms with van der Waals surface area (Å²) in [6, 6.07) is 0. The Morgan fingerprint density at radius 2 is 2.00 bits per heavy atom. The molecule has 0 aromatic carbocycles. The molecule has 8 heavy (non-hydrogen) atoms. The lowest BCUT2D eigenvalue weighted by atomic mass is 10.9. The quantitative estimate of drug-likeness (QED) is 0.564. The van der Waals surface area contributed by atoms with Crippen LogP contribution in [0.4, 0.5) is 0 Å². The first kappa shape index (κ1) is 11.2. The Bertz CT molecular complexity index is 80.0. The van der Waals surface area contributed by atoms with Crippen LogP contribution < -0.4 is 0 Å². The first-order valence-electron chi connectivity index (χ1n) is 2.50. The highest BCUT2D eigenvalue weighted by atomic mass is 32.8. The van der Waals surface area contributed by atoms with E-state index in [2.05, 4.69) is 15.4 Å². The van der Waals surface area contributed by atoms with Crippen molar-refractivity contribution in [2.75, 3.05) is 6.61 Å². The van der Waals surface area contributed by atoms with Crippen LogP contribution in [0.5, 0.6) is 0 Å². The van der Waals surface area contributed by atoms with Gasteiger partial charge in [0.25, 0.3) is 0 Å². The number of hydrogen-bond acceptors (Lipinski definition) is 4. The van der Waals surface area contributed by atoms with Gasteiger partial charge in [-0.2, -0.15) is 0 Å². The summed E-state index contributed by atoms with van der Waals surface area (Å²) in [6.45, 7) is 6.17. The summed E-state index contributed by atoms with van der Waals surface area (Å²) >= 11 is 4.13. The van der Waals surface area contributed by atoms with Gasteiger partial charge >= 0.3 is 0 Å². The molecule has 2 nitrogen and oxygen atoms in total. The largest absolute Gasteiger partial charge is 0.444 e. The molecule has 0 atom stereocenters. The maximum atomic E-state index is 9.75. The summed E-state index contributed by atoms with van der Waals surface area (Å²) in [7, 11) is -1.48. The molecule has 0 amide bonds. The minimum Gasteiger partial charge on any atom is -0.444 e. The minimum absolute atomic E-state index is 0.427. The van der Waals surface area contributed by atoms with Crippen molar-refractivity contribution in [3.05, 3.63) is 0 Å². The van der Waals surface area contributed by atoms with Crippen LogP contribution in [0.3, 0.4) is 0 Å². The van der Waals surface area contributed by atoms with Gasteiger partial charge in [-0.1, -0.05) is 23.5 Å². The number of rotatable bonds is 2. The average Bonchev–Trinajstić information content (AvgIpc) is 1.72. The van der Waals surface area contributed by atoms with Gasteiger partial charge in [0.05, 0.1) is 0 Å². The van der Waals surface area contributed by atoms with E-state index < -0.39 is 9.64 Å². The van der Waals surface area contributed by atoms with E-state index >= 15 is 0 Å². The SMILES string of the molecule is CC.CCO[S-](=O)=S. The van der Waals surface area contributed by atoms with Gasteiger partial charge in [0.15, 0.2) is 0 Å². The Balaban J connectivity index is 0. The van der Waals surface area contributed by atoms with Gasteiger partial charge in [-0.15, -0.1) is 0 Å². The third-order valence-corrected chi connectivity index (χ3v) is 0.931. The summed E-state index contributed by atoms with van der Waals surface area (Å²) in [5.74, 6) is 0. The summed E-state index contributed by atoms with van der Waals surface area (Å²) in [5.41, 5.74) is 0. The fourth-order valence-electron chi connectivity index (χ4n) is 0.0962. The average molecular weight is 155 g/mol. The second kappa shape index (κ2) is 10.3. The maximum Gasteiger partial charge on any atom is 0.0228 e. The Morgan fingerprint density at radius 1 is 1.62 bits per heavy atom. The van der Waals surface area contributed by atoms with Gasteiger partial charge < -0.3 is 8.39 Å². The van der Waals surface area contributed by atoms with E-state index in [9.17, 15) is 4.21 Å². The van der Waals surface area contributed by atoms with E-state index in [4.69, 9.17) is 0 Å². The highest BCUT2D eigenvalue weighted by molar-refractivity contribution is 8.19. The Hall–Kier alpha value is 0.330. The predicted octanol–water partition coefficient (Wildman–Crippen LogP) is 1.39. The van der Waals surface area contributed by atoms with Crippen molar-refractivity contribution in [3.8, 4) is 0 Å². The molecular formula is C4H11O2S2-. The molecule has 0 saturated carbocycles. The first-order valence-corrected chi connectivity index (χ1v) is 4.50. The van der Waals surface area contributed by atoms with Gasteiger partial charge in [-0.05, 0) is 6.92 Å². The molecule has 52 valence electrons. The fraction of sp³-hybridized carbons (Fsp3) is 1.00. The second-order valence-corrected chi connectivity index (χ2v) is 2.07. The van der Waals surface area contributed by atoms with E-state index in [1.807, 2.05) is 13.8 Å². The highest BCUT2D eigenvalue weighted by Gasteiger charge is 1.56. The molecule has 0 saturated heterocycles. The van der Waals surface area contributed by atoms with Crippen LogP contribution in [0.2, 0.25) is 0 Å². The van der Waals surface area contributed by atoms with Crippen molar-refractivity contribution in [2.24, 2.45) is 0 Å². The molecule has 0 unspecified atom stereocenters. The van der Waals surface area contributed by atoms with Gasteiger partial charge in [0, 0.05) is 6.61 Å². The lowest BCUT2D eigenvalue weighted by molar-refractivity contribution is 0.374. The zero-order valence-corrected chi connectivity index (χ0v) is 6.97. The Kier molecular flexibility index (Phi) is 14.4. The van der Waals surface area contributed by atoms with Crippen molar-refractivity contribution in [2.45, 2.75) is 20.8 Å². The molecule has 0 spiro atoms. The molecule has 0 aromatic rings. The third kappa shape index (κ3) is 16.2. The summed E-state index contributed by atoms with van der Waals surface area (Å²) in [5, 5.41) is 0. The van der Waals surface area contributed by atoms with E-state index in [0.29, 0.717) is 6.61 Å². The lowest BCUT2D eigenvalue weighted by Gasteiger charge is -1.94. The molecule has 0 radical (unpaired) electrons. The lowest BCUT2D eigenvalue weighted by Crippen LogP contribution is -1.80. The smallest absolute Gasteiger partial charge is 0.0228 e. The van der Waals surface area contributed by atoms with Crippen molar-refractivity contribution >= 4 is 20.8 Å². The summed E-state index contributed by atoms with van der Waals surface area (Å²) in [6.07, 6.45) is 0. The van der Waals surface area contributed by atoms with Crippen LogP contribution in [-0.4, -0.2) is 6.61 Å². The zero-order valence-electron chi connectivity index (χ0n) is 5.34. The molecule has 0 fully saturated rings. The van der Waals surface area contributed by atoms with Crippen LogP contribution in [0.15, 0.2) is 0 Å². The van der Waals surface area contributed by atoms with E-state index in [1.165, 1.54) is 0 Å². The maximum absolute atomic E-state index is 9.75. The summed E-state index contributed by atoms with van der Waals surface area (Å²) < 4.78 is 14.1.